The van der Waals surface area contributed by atoms with Gasteiger partial charge in [0.2, 0.25) is 0 Å². The Labute approximate surface area is 79.5 Å². The maximum Gasteiger partial charge on any atom is 0.138 e. The Kier molecular flexibility index (Phi) is 1.95. The molecule has 2 aromatic heterocycles. The van der Waals surface area contributed by atoms with Crippen LogP contribution in [0.25, 0.3) is 10.9 Å². The molecule has 1 N–H and O–H groups in total. The fourth-order valence-corrected chi connectivity index (χ4v) is 1.51. The Balaban J connectivity index is 2.74. The highest BCUT2D eigenvalue weighted by molar-refractivity contribution is 6.34. The van der Waals surface area contributed by atoms with E-state index >= 15 is 0 Å². The lowest BCUT2D eigenvalue weighted by Crippen LogP contribution is -1.74. The second-order valence-electron chi connectivity index (χ2n) is 2.49. The number of fused-ring (bicyclic) bond motifs is 1. The molecule has 12 heavy (non-hydrogen) atoms. The minimum atomic E-state index is 0.463. The van der Waals surface area contributed by atoms with Crippen molar-refractivity contribution in [3.05, 3.63) is 29.2 Å². The van der Waals surface area contributed by atoms with Gasteiger partial charge in [0.1, 0.15) is 5.15 Å². The molecular weight excluding hydrogens is 195 g/mol. The van der Waals surface area contributed by atoms with Crippen molar-refractivity contribution in [1.29, 1.82) is 0 Å². The molecule has 2 nitrogen and oxygen atoms in total. The van der Waals surface area contributed by atoms with Gasteiger partial charge in [0.25, 0.3) is 0 Å². The van der Waals surface area contributed by atoms with Gasteiger partial charge in [-0.05, 0) is 12.1 Å². The second-order valence-corrected chi connectivity index (χ2v) is 3.12. The van der Waals surface area contributed by atoms with Gasteiger partial charge in [-0.1, -0.05) is 11.6 Å². The van der Waals surface area contributed by atoms with E-state index in [1.54, 1.807) is 6.20 Å². The third-order valence-corrected chi connectivity index (χ3v) is 2.29. The molecule has 0 spiro atoms. The summed E-state index contributed by atoms with van der Waals surface area (Å²) in [5.41, 5.74) is 1.94. The average Bonchev–Trinajstić information content (AvgIpc) is 2.49. The summed E-state index contributed by atoms with van der Waals surface area (Å²) in [5.74, 6) is 0.463. The van der Waals surface area contributed by atoms with Gasteiger partial charge in [-0.2, -0.15) is 0 Å². The first-order valence-corrected chi connectivity index (χ1v) is 4.40. The van der Waals surface area contributed by atoms with Crippen LogP contribution in [0.3, 0.4) is 0 Å². The summed E-state index contributed by atoms with van der Waals surface area (Å²) >= 11 is 11.5. The number of pyridine rings is 1. The Morgan fingerprint density at radius 3 is 3.00 bits per heavy atom. The third kappa shape index (κ3) is 1.17. The lowest BCUT2D eigenvalue weighted by atomic mass is 10.3. The summed E-state index contributed by atoms with van der Waals surface area (Å²) in [4.78, 5) is 7.09. The van der Waals surface area contributed by atoms with Crippen LogP contribution >= 0.6 is 23.2 Å². The summed E-state index contributed by atoms with van der Waals surface area (Å²) in [6.45, 7) is 0. The summed E-state index contributed by atoms with van der Waals surface area (Å²) in [7, 11) is 0. The van der Waals surface area contributed by atoms with Gasteiger partial charge in [0, 0.05) is 17.3 Å². The van der Waals surface area contributed by atoms with Crippen LogP contribution in [0.1, 0.15) is 5.69 Å². The van der Waals surface area contributed by atoms with Crippen LogP contribution in [0.15, 0.2) is 18.3 Å². The van der Waals surface area contributed by atoms with Crippen LogP contribution in [-0.2, 0) is 5.88 Å². The fraction of sp³-hybridized carbons (Fsp3) is 0.125. The molecule has 0 aliphatic carbocycles. The van der Waals surface area contributed by atoms with Crippen LogP contribution in [0.2, 0.25) is 5.15 Å². The number of aromatic amines is 1. The van der Waals surface area contributed by atoms with Crippen molar-refractivity contribution in [2.45, 2.75) is 5.88 Å². The van der Waals surface area contributed by atoms with E-state index in [-0.39, 0.29) is 0 Å². The molecule has 0 aliphatic heterocycles. The van der Waals surface area contributed by atoms with Gasteiger partial charge >= 0.3 is 0 Å². The zero-order valence-electron chi connectivity index (χ0n) is 6.14. The van der Waals surface area contributed by atoms with E-state index in [0.717, 1.165) is 16.6 Å². The first-order valence-electron chi connectivity index (χ1n) is 3.49. The van der Waals surface area contributed by atoms with Crippen molar-refractivity contribution in [3.8, 4) is 0 Å². The summed E-state index contributed by atoms with van der Waals surface area (Å²) in [6, 6.07) is 3.79. The number of rotatable bonds is 1. The topological polar surface area (TPSA) is 28.7 Å². The molecule has 0 bridgehead atoms. The first kappa shape index (κ1) is 7.90. The summed E-state index contributed by atoms with van der Waals surface area (Å²) < 4.78 is 0. The number of hydrogen-bond acceptors (Lipinski definition) is 1. The van der Waals surface area contributed by atoms with Crippen LogP contribution < -0.4 is 0 Å². The number of alkyl halides is 1. The molecule has 0 aliphatic rings. The van der Waals surface area contributed by atoms with Gasteiger partial charge in [-0.25, -0.2) is 4.98 Å². The van der Waals surface area contributed by atoms with E-state index in [1.807, 2.05) is 12.1 Å². The van der Waals surface area contributed by atoms with Crippen LogP contribution in [0.5, 0.6) is 0 Å². The van der Waals surface area contributed by atoms with Crippen molar-refractivity contribution < 1.29 is 0 Å². The molecule has 0 saturated heterocycles. The van der Waals surface area contributed by atoms with Crippen molar-refractivity contribution in [2.75, 3.05) is 0 Å². The lowest BCUT2D eigenvalue weighted by molar-refractivity contribution is 1.25. The van der Waals surface area contributed by atoms with Crippen molar-refractivity contribution >= 4 is 34.1 Å². The van der Waals surface area contributed by atoms with E-state index in [0.29, 0.717) is 11.0 Å². The maximum atomic E-state index is 5.85. The molecule has 0 fully saturated rings. The highest BCUT2D eigenvalue weighted by Crippen LogP contribution is 2.22. The quantitative estimate of drug-likeness (QED) is 0.557. The predicted molar refractivity (Wildman–Crippen MR) is 50.7 cm³/mol. The van der Waals surface area contributed by atoms with Gasteiger partial charge < -0.3 is 4.98 Å². The second kappa shape index (κ2) is 2.96. The molecule has 0 aromatic carbocycles. The fourth-order valence-electron chi connectivity index (χ4n) is 1.15. The Hall–Kier alpha value is -0.730. The smallest absolute Gasteiger partial charge is 0.138 e. The Morgan fingerprint density at radius 1 is 1.50 bits per heavy atom. The molecule has 0 amide bonds. The van der Waals surface area contributed by atoms with Crippen molar-refractivity contribution in [1.82, 2.24) is 9.97 Å². The number of H-pyrrole nitrogens is 1. The zero-order valence-corrected chi connectivity index (χ0v) is 7.65. The molecule has 4 heteroatoms. The molecule has 62 valence electrons. The van der Waals surface area contributed by atoms with Gasteiger partial charge in [0.15, 0.2) is 0 Å². The molecule has 2 aromatic rings. The maximum absolute atomic E-state index is 5.85. The summed E-state index contributed by atoms with van der Waals surface area (Å²) in [5, 5.41) is 1.44. The lowest BCUT2D eigenvalue weighted by Gasteiger charge is -1.89. The first-order chi connectivity index (χ1) is 5.81. The van der Waals surface area contributed by atoms with E-state index in [9.17, 15) is 0 Å². The van der Waals surface area contributed by atoms with E-state index < -0.39 is 0 Å². The molecule has 0 unspecified atom stereocenters. The minimum absolute atomic E-state index is 0.463. The van der Waals surface area contributed by atoms with E-state index in [1.165, 1.54) is 0 Å². The standard InChI is InChI=1S/C8H6Cl2N2/c9-4-5-3-6-7(12-5)1-2-11-8(6)10/h1-3,12H,4H2. The zero-order chi connectivity index (χ0) is 8.55. The Bertz CT molecular complexity index is 408. The average molecular weight is 201 g/mol. The van der Waals surface area contributed by atoms with Crippen molar-refractivity contribution in [2.24, 2.45) is 0 Å². The largest absolute Gasteiger partial charge is 0.357 e. The summed E-state index contributed by atoms with van der Waals surface area (Å²) in [6.07, 6.45) is 1.67. The SMILES string of the molecule is ClCc1cc2c(Cl)nccc2[nH]1. The number of nitrogens with one attached hydrogen (secondary N) is 1. The molecule has 0 radical (unpaired) electrons. The van der Waals surface area contributed by atoms with E-state index in [2.05, 4.69) is 9.97 Å². The van der Waals surface area contributed by atoms with Gasteiger partial charge in [-0.3, -0.25) is 0 Å². The number of nitrogens with zero attached hydrogens (tertiary/aromatic N) is 1. The molecule has 0 atom stereocenters. The normalized spacial score (nSPS) is 10.8. The van der Waals surface area contributed by atoms with Gasteiger partial charge in [0.05, 0.1) is 11.4 Å². The third-order valence-electron chi connectivity index (χ3n) is 1.70. The number of aromatic nitrogens is 2. The Morgan fingerprint density at radius 2 is 2.33 bits per heavy atom. The number of hydrogen-bond donors (Lipinski definition) is 1. The van der Waals surface area contributed by atoms with Crippen LogP contribution in [0, 0.1) is 0 Å². The predicted octanol–water partition coefficient (Wildman–Crippen LogP) is 2.96. The molecule has 2 heterocycles. The van der Waals surface area contributed by atoms with Crippen LogP contribution in [-0.4, -0.2) is 9.97 Å². The highest BCUT2D eigenvalue weighted by atomic mass is 35.5. The van der Waals surface area contributed by atoms with Crippen molar-refractivity contribution in [3.63, 3.8) is 0 Å². The number of halogens is 2. The minimum Gasteiger partial charge on any atom is -0.357 e. The van der Waals surface area contributed by atoms with Crippen LogP contribution in [0.4, 0.5) is 0 Å². The van der Waals surface area contributed by atoms with E-state index in [4.69, 9.17) is 23.2 Å². The molecule has 0 saturated carbocycles. The highest BCUT2D eigenvalue weighted by Gasteiger charge is 2.02. The monoisotopic (exact) mass is 200 g/mol. The molecular formula is C8H6Cl2N2. The van der Waals surface area contributed by atoms with Gasteiger partial charge in [-0.15, -0.1) is 11.6 Å². The molecule has 2 rings (SSSR count).